The molecule has 7 heterocycles. The summed E-state index contributed by atoms with van der Waals surface area (Å²) in [5, 5.41) is 12.5. The van der Waals surface area contributed by atoms with Crippen LogP contribution in [0.25, 0.3) is 121 Å². The van der Waals surface area contributed by atoms with Crippen LogP contribution in [0.3, 0.4) is 0 Å². The molecule has 6 heteroatoms. The van der Waals surface area contributed by atoms with Crippen molar-refractivity contribution in [2.24, 2.45) is 0 Å². The molecule has 63 heavy (non-hydrogen) atoms. The molecule has 0 spiro atoms. The van der Waals surface area contributed by atoms with Crippen LogP contribution in [0.2, 0.25) is 0 Å². The van der Waals surface area contributed by atoms with Crippen molar-refractivity contribution in [2.75, 3.05) is 0 Å². The van der Waals surface area contributed by atoms with Crippen molar-refractivity contribution >= 4 is 99.0 Å². The lowest BCUT2D eigenvalue weighted by atomic mass is 9.34. The van der Waals surface area contributed by atoms with Gasteiger partial charge in [0.1, 0.15) is 0 Å². The standard InChI is InChI=1S/C57H32BN5/c1-3-14-38-36(12-1)37-13-2-4-15-39(37)41-32-54-43(31-40(38)41)45-28-35(50-18-7-10-25-61-50)30-47-57(45)63(54)53-20-11-19-52-55(53)58(47)46-29-34(49-17-6-9-24-60-49)27-44-42-26-33(48-16-5-8-23-59-48)21-22-51(42)62(52)56(44)46/h1-32H. The quantitative estimate of drug-likeness (QED) is 0.132. The molecule has 0 bridgehead atoms. The molecule has 0 aliphatic carbocycles. The van der Waals surface area contributed by atoms with Gasteiger partial charge in [-0.05, 0) is 134 Å². The smallest absolute Gasteiger partial charge is 0.252 e. The van der Waals surface area contributed by atoms with Gasteiger partial charge < -0.3 is 9.13 Å². The highest BCUT2D eigenvalue weighted by atomic mass is 15.0. The van der Waals surface area contributed by atoms with E-state index < -0.39 is 0 Å². The van der Waals surface area contributed by atoms with Crippen molar-refractivity contribution in [2.45, 2.75) is 0 Å². The highest BCUT2D eigenvalue weighted by molar-refractivity contribution is 7.00. The lowest BCUT2D eigenvalue weighted by Gasteiger charge is -2.34. The monoisotopic (exact) mass is 797 g/mol. The van der Waals surface area contributed by atoms with Crippen molar-refractivity contribution in [3.8, 4) is 45.1 Å². The van der Waals surface area contributed by atoms with Gasteiger partial charge in [-0.2, -0.15) is 0 Å². The summed E-state index contributed by atoms with van der Waals surface area (Å²) in [6.45, 7) is -0.0616. The van der Waals surface area contributed by atoms with Crippen molar-refractivity contribution in [3.63, 3.8) is 0 Å². The molecule has 0 saturated carbocycles. The molecular weight excluding hydrogens is 765 g/mol. The zero-order valence-corrected chi connectivity index (χ0v) is 33.8. The molecule has 2 aliphatic heterocycles. The third-order valence-electron chi connectivity index (χ3n) is 14.0. The first-order valence-electron chi connectivity index (χ1n) is 21.6. The summed E-state index contributed by atoms with van der Waals surface area (Å²) in [5.41, 5.74) is 17.4. The highest BCUT2D eigenvalue weighted by Gasteiger charge is 2.41. The molecule has 0 radical (unpaired) electrons. The molecule has 0 unspecified atom stereocenters. The third-order valence-corrected chi connectivity index (χ3v) is 14.0. The van der Waals surface area contributed by atoms with Crippen molar-refractivity contribution in [1.82, 2.24) is 24.1 Å². The molecule has 5 nitrogen and oxygen atoms in total. The average Bonchev–Trinajstić information content (AvgIpc) is 3.87. The van der Waals surface area contributed by atoms with Gasteiger partial charge in [-0.15, -0.1) is 0 Å². The molecule has 0 atom stereocenters. The average molecular weight is 798 g/mol. The molecular formula is C57H32BN5. The van der Waals surface area contributed by atoms with Crippen LogP contribution in [0.15, 0.2) is 195 Å². The Morgan fingerprint density at radius 2 is 0.778 bits per heavy atom. The Bertz CT molecular complexity index is 4140. The second-order valence-electron chi connectivity index (χ2n) is 17.1. The molecule has 0 N–H and O–H groups in total. The van der Waals surface area contributed by atoms with Gasteiger partial charge >= 0.3 is 0 Å². The number of benzene rings is 8. The van der Waals surface area contributed by atoms with E-state index in [1.54, 1.807) is 0 Å². The maximum Gasteiger partial charge on any atom is 0.252 e. The molecule has 13 aromatic rings. The van der Waals surface area contributed by atoms with E-state index in [2.05, 4.69) is 167 Å². The van der Waals surface area contributed by atoms with Crippen LogP contribution in [0.1, 0.15) is 0 Å². The molecule has 0 saturated heterocycles. The molecule has 15 rings (SSSR count). The van der Waals surface area contributed by atoms with Gasteiger partial charge in [0, 0.05) is 79.2 Å². The number of fused-ring (bicyclic) bond motifs is 16. The number of aromatic nitrogens is 5. The van der Waals surface area contributed by atoms with Crippen LogP contribution in [0, 0.1) is 0 Å². The first-order valence-corrected chi connectivity index (χ1v) is 21.6. The minimum absolute atomic E-state index is 0.0616. The van der Waals surface area contributed by atoms with Gasteiger partial charge in [0.25, 0.3) is 6.71 Å². The zero-order valence-electron chi connectivity index (χ0n) is 33.8. The van der Waals surface area contributed by atoms with E-state index in [0.29, 0.717) is 0 Å². The second-order valence-corrected chi connectivity index (χ2v) is 17.1. The first-order chi connectivity index (χ1) is 31.3. The SMILES string of the molecule is c1ccc(-c2ccc3c(c2)c2cc(-c4ccccn4)cc4c2n3-c2cccc3c2B4c2cc(-c4ccccn4)cc4c5cc6c7ccccc7c7ccccc7c6cc5n-3c24)nc1. The van der Waals surface area contributed by atoms with Crippen LogP contribution < -0.4 is 16.4 Å². The Hall–Kier alpha value is -8.35. The van der Waals surface area contributed by atoms with Gasteiger partial charge in [0.2, 0.25) is 0 Å². The number of hydrogen-bond acceptors (Lipinski definition) is 3. The van der Waals surface area contributed by atoms with Gasteiger partial charge in [0.05, 0.1) is 28.1 Å². The molecule has 0 amide bonds. The highest BCUT2D eigenvalue weighted by Crippen LogP contribution is 2.44. The van der Waals surface area contributed by atoms with E-state index >= 15 is 0 Å². The van der Waals surface area contributed by atoms with Crippen molar-refractivity contribution in [1.29, 1.82) is 0 Å². The summed E-state index contributed by atoms with van der Waals surface area (Å²) in [6.07, 6.45) is 5.68. The van der Waals surface area contributed by atoms with Crippen LogP contribution in [0.4, 0.5) is 0 Å². The zero-order chi connectivity index (χ0) is 40.9. The second kappa shape index (κ2) is 12.1. The van der Waals surface area contributed by atoms with Crippen molar-refractivity contribution in [3.05, 3.63) is 195 Å². The fourth-order valence-corrected chi connectivity index (χ4v) is 11.5. The van der Waals surface area contributed by atoms with E-state index in [1.165, 1.54) is 104 Å². The van der Waals surface area contributed by atoms with Crippen molar-refractivity contribution < 1.29 is 0 Å². The lowest BCUT2D eigenvalue weighted by molar-refractivity contribution is 1.14. The van der Waals surface area contributed by atoms with E-state index in [1.807, 2.05) is 36.8 Å². The summed E-state index contributed by atoms with van der Waals surface area (Å²) in [4.78, 5) is 14.6. The minimum atomic E-state index is -0.0616. The Kier molecular flexibility index (Phi) is 6.44. The summed E-state index contributed by atoms with van der Waals surface area (Å²) in [7, 11) is 0. The topological polar surface area (TPSA) is 48.5 Å². The number of rotatable bonds is 3. The van der Waals surface area contributed by atoms with Gasteiger partial charge in [-0.1, -0.05) is 91.0 Å². The molecule has 288 valence electrons. The van der Waals surface area contributed by atoms with E-state index in [9.17, 15) is 0 Å². The molecule has 0 fully saturated rings. The van der Waals surface area contributed by atoms with E-state index in [4.69, 9.17) is 15.0 Å². The fourth-order valence-electron chi connectivity index (χ4n) is 11.5. The number of nitrogens with zero attached hydrogens (tertiary/aromatic N) is 5. The van der Waals surface area contributed by atoms with Gasteiger partial charge in [-0.3, -0.25) is 15.0 Å². The minimum Gasteiger partial charge on any atom is -0.310 e. The lowest BCUT2D eigenvalue weighted by Crippen LogP contribution is -2.59. The third kappa shape index (κ3) is 4.39. The number of hydrogen-bond donors (Lipinski definition) is 0. The summed E-state index contributed by atoms with van der Waals surface area (Å²) in [5.74, 6) is 0. The van der Waals surface area contributed by atoms with E-state index in [-0.39, 0.29) is 6.71 Å². The Morgan fingerprint density at radius 1 is 0.317 bits per heavy atom. The summed E-state index contributed by atoms with van der Waals surface area (Å²) in [6, 6.07) is 64.7. The predicted octanol–water partition coefficient (Wildman–Crippen LogP) is 11.7. The maximum absolute atomic E-state index is 4.95. The van der Waals surface area contributed by atoms with Gasteiger partial charge in [0.15, 0.2) is 0 Å². The predicted molar refractivity (Wildman–Crippen MR) is 262 cm³/mol. The van der Waals surface area contributed by atoms with Crippen LogP contribution >= 0.6 is 0 Å². The molecule has 8 aromatic carbocycles. The van der Waals surface area contributed by atoms with Gasteiger partial charge in [-0.25, -0.2) is 0 Å². The largest absolute Gasteiger partial charge is 0.310 e. The van der Waals surface area contributed by atoms with E-state index in [0.717, 1.165) is 33.8 Å². The Labute approximate surface area is 361 Å². The van der Waals surface area contributed by atoms with Crippen LogP contribution in [-0.4, -0.2) is 30.8 Å². The molecule has 5 aromatic heterocycles. The summed E-state index contributed by atoms with van der Waals surface area (Å²) < 4.78 is 5.11. The summed E-state index contributed by atoms with van der Waals surface area (Å²) >= 11 is 0. The van der Waals surface area contributed by atoms with Crippen LogP contribution in [-0.2, 0) is 0 Å². The Balaban J connectivity index is 1.13. The normalized spacial score (nSPS) is 12.7. The maximum atomic E-state index is 4.95. The van der Waals surface area contributed by atoms with Crippen LogP contribution in [0.5, 0.6) is 0 Å². The molecule has 2 aliphatic rings. The Morgan fingerprint density at radius 3 is 1.32 bits per heavy atom. The fraction of sp³-hybridized carbons (Fsp3) is 0. The number of pyridine rings is 3. The first kappa shape index (κ1) is 33.4.